The second-order valence-electron chi connectivity index (χ2n) is 6.86. The molecule has 3 aromatic rings. The van der Waals surface area contributed by atoms with Crippen molar-refractivity contribution in [2.45, 2.75) is 35.6 Å². The van der Waals surface area contributed by atoms with Crippen molar-refractivity contribution in [1.82, 2.24) is 9.55 Å². The Hall–Kier alpha value is -2.31. The van der Waals surface area contributed by atoms with Gasteiger partial charge >= 0.3 is 0 Å². The van der Waals surface area contributed by atoms with Crippen molar-refractivity contribution in [2.75, 3.05) is 5.75 Å². The average Bonchev–Trinajstić information content (AvgIpc) is 3.08. The number of aryl methyl sites for hydroxylation is 1. The Kier molecular flexibility index (Phi) is 5.42. The van der Waals surface area contributed by atoms with Gasteiger partial charge in [0.2, 0.25) is 0 Å². The number of thioether (sulfide) groups is 2. The van der Waals surface area contributed by atoms with Crippen LogP contribution in [0.2, 0.25) is 0 Å². The van der Waals surface area contributed by atoms with Crippen molar-refractivity contribution >= 4 is 29.3 Å². The molecule has 1 aliphatic rings. The summed E-state index contributed by atoms with van der Waals surface area (Å²) in [6.07, 6.45) is 0.782. The first-order valence-corrected chi connectivity index (χ1v) is 11.0. The molecule has 2 aromatic carbocycles. The third kappa shape index (κ3) is 3.80. The number of hydrogen-bond donors (Lipinski definition) is 0. The minimum Gasteiger partial charge on any atom is -0.293 e. The number of benzene rings is 2. The summed E-state index contributed by atoms with van der Waals surface area (Å²) in [5, 5.41) is 0.916. The van der Waals surface area contributed by atoms with E-state index in [-0.39, 0.29) is 17.1 Å². The molecule has 0 radical (unpaired) electrons. The first kappa shape index (κ1) is 19.0. The monoisotopic (exact) mass is 408 g/mol. The fourth-order valence-corrected chi connectivity index (χ4v) is 5.18. The molecule has 2 heterocycles. The van der Waals surface area contributed by atoms with Gasteiger partial charge in [-0.1, -0.05) is 66.7 Å². The number of ketones is 1. The lowest BCUT2D eigenvalue weighted by atomic mass is 10.2. The Morgan fingerprint density at radius 3 is 2.61 bits per heavy atom. The SMILES string of the molecule is Cc1ccc(-n2c(SCC(=O)c3ccccc3)nc3c(c2=O)S[C@@H](C)C3)cc1. The fourth-order valence-electron chi connectivity index (χ4n) is 3.16. The maximum atomic E-state index is 13.2. The van der Waals surface area contributed by atoms with E-state index in [4.69, 9.17) is 4.98 Å². The third-order valence-electron chi connectivity index (χ3n) is 4.60. The number of carbonyl (C=O) groups is 1. The number of aromatic nitrogens is 2. The number of nitrogens with zero attached hydrogens (tertiary/aromatic N) is 2. The highest BCUT2D eigenvalue weighted by molar-refractivity contribution is 8.00. The highest BCUT2D eigenvalue weighted by Gasteiger charge is 2.27. The highest BCUT2D eigenvalue weighted by atomic mass is 32.2. The number of Topliss-reactive ketones (excluding diaryl/α,β-unsaturated/α-hetero) is 1. The van der Waals surface area contributed by atoms with Crippen LogP contribution in [0.4, 0.5) is 0 Å². The summed E-state index contributed by atoms with van der Waals surface area (Å²) in [7, 11) is 0. The van der Waals surface area contributed by atoms with Crippen LogP contribution in [0, 0.1) is 6.92 Å². The van der Waals surface area contributed by atoms with Crippen LogP contribution in [0.1, 0.15) is 28.5 Å². The minimum absolute atomic E-state index is 0.0264. The van der Waals surface area contributed by atoms with Crippen molar-refractivity contribution in [3.8, 4) is 5.69 Å². The second-order valence-corrected chi connectivity index (χ2v) is 9.25. The highest BCUT2D eigenvalue weighted by Crippen LogP contribution is 2.35. The van der Waals surface area contributed by atoms with Crippen molar-refractivity contribution in [3.63, 3.8) is 0 Å². The van der Waals surface area contributed by atoms with Gasteiger partial charge in [0.1, 0.15) is 0 Å². The predicted octanol–water partition coefficient (Wildman–Crippen LogP) is 4.55. The first-order valence-electron chi connectivity index (χ1n) is 9.13. The Morgan fingerprint density at radius 2 is 1.89 bits per heavy atom. The van der Waals surface area contributed by atoms with Crippen LogP contribution in [0.15, 0.2) is 69.4 Å². The van der Waals surface area contributed by atoms with E-state index in [0.717, 1.165) is 28.3 Å². The predicted molar refractivity (Wildman–Crippen MR) is 115 cm³/mol. The van der Waals surface area contributed by atoms with Gasteiger partial charge in [-0.05, 0) is 19.1 Å². The first-order chi connectivity index (χ1) is 13.5. The molecule has 0 saturated heterocycles. The largest absolute Gasteiger partial charge is 0.293 e. The average molecular weight is 409 g/mol. The lowest BCUT2D eigenvalue weighted by molar-refractivity contribution is 0.102. The molecule has 28 heavy (non-hydrogen) atoms. The summed E-state index contributed by atoms with van der Waals surface area (Å²) in [5.74, 6) is 0.266. The molecule has 1 aliphatic heterocycles. The molecule has 0 N–H and O–H groups in total. The van der Waals surface area contributed by atoms with Gasteiger partial charge in [0.15, 0.2) is 10.9 Å². The van der Waals surface area contributed by atoms with Gasteiger partial charge in [-0.2, -0.15) is 0 Å². The molecule has 1 aromatic heterocycles. The molecular formula is C22H20N2O2S2. The minimum atomic E-state index is -0.0436. The number of carbonyl (C=O) groups excluding carboxylic acids is 1. The van der Waals surface area contributed by atoms with Crippen molar-refractivity contribution in [1.29, 1.82) is 0 Å². The Morgan fingerprint density at radius 1 is 1.18 bits per heavy atom. The summed E-state index contributed by atoms with van der Waals surface area (Å²) < 4.78 is 1.65. The number of hydrogen-bond acceptors (Lipinski definition) is 5. The smallest absolute Gasteiger partial charge is 0.272 e. The molecule has 0 unspecified atom stereocenters. The van der Waals surface area contributed by atoms with E-state index in [1.807, 2.05) is 61.5 Å². The molecule has 0 spiro atoms. The molecule has 0 aliphatic carbocycles. The van der Waals surface area contributed by atoms with Crippen LogP contribution in [-0.4, -0.2) is 26.3 Å². The van der Waals surface area contributed by atoms with Gasteiger partial charge in [-0.15, -0.1) is 11.8 Å². The summed E-state index contributed by atoms with van der Waals surface area (Å²) in [6.45, 7) is 4.12. The molecule has 0 saturated carbocycles. The zero-order valence-corrected chi connectivity index (χ0v) is 17.3. The van der Waals surface area contributed by atoms with Crippen LogP contribution in [0.25, 0.3) is 5.69 Å². The third-order valence-corrected chi connectivity index (χ3v) is 6.76. The second kappa shape index (κ2) is 7.97. The van der Waals surface area contributed by atoms with Gasteiger partial charge in [0, 0.05) is 17.2 Å². The summed E-state index contributed by atoms with van der Waals surface area (Å²) in [5.41, 5.74) is 3.38. The molecule has 6 heteroatoms. The summed E-state index contributed by atoms with van der Waals surface area (Å²) in [4.78, 5) is 31.3. The van der Waals surface area contributed by atoms with Crippen LogP contribution in [0.3, 0.4) is 0 Å². The number of rotatable bonds is 5. The zero-order chi connectivity index (χ0) is 19.7. The van der Waals surface area contributed by atoms with E-state index < -0.39 is 0 Å². The molecule has 0 bridgehead atoms. The molecule has 1 atom stereocenters. The van der Waals surface area contributed by atoms with Crippen LogP contribution < -0.4 is 5.56 Å². The lowest BCUT2D eigenvalue weighted by Crippen LogP contribution is -2.24. The molecular weight excluding hydrogens is 388 g/mol. The van der Waals surface area contributed by atoms with Gasteiger partial charge < -0.3 is 0 Å². The Labute approximate surface area is 172 Å². The fraction of sp³-hybridized carbons (Fsp3) is 0.227. The lowest BCUT2D eigenvalue weighted by Gasteiger charge is -2.13. The van der Waals surface area contributed by atoms with E-state index in [2.05, 4.69) is 6.92 Å². The quantitative estimate of drug-likeness (QED) is 0.352. The maximum Gasteiger partial charge on any atom is 0.272 e. The normalized spacial score (nSPS) is 15.4. The van der Waals surface area contributed by atoms with Gasteiger partial charge in [-0.25, -0.2) is 4.98 Å². The van der Waals surface area contributed by atoms with E-state index in [0.29, 0.717) is 16.0 Å². The Bertz CT molecular complexity index is 1080. The van der Waals surface area contributed by atoms with Crippen LogP contribution in [-0.2, 0) is 6.42 Å². The Balaban J connectivity index is 1.72. The van der Waals surface area contributed by atoms with Gasteiger partial charge in [-0.3, -0.25) is 14.2 Å². The van der Waals surface area contributed by atoms with Crippen molar-refractivity contribution in [3.05, 3.63) is 81.8 Å². The van der Waals surface area contributed by atoms with E-state index in [1.165, 1.54) is 11.8 Å². The molecule has 4 rings (SSSR count). The number of fused-ring (bicyclic) bond motifs is 1. The van der Waals surface area contributed by atoms with Crippen molar-refractivity contribution < 1.29 is 4.79 Å². The van der Waals surface area contributed by atoms with Gasteiger partial charge in [0.05, 0.1) is 22.0 Å². The van der Waals surface area contributed by atoms with E-state index in [1.54, 1.807) is 16.3 Å². The molecule has 142 valence electrons. The summed E-state index contributed by atoms with van der Waals surface area (Å²) >= 11 is 2.91. The van der Waals surface area contributed by atoms with Crippen LogP contribution in [0.5, 0.6) is 0 Å². The topological polar surface area (TPSA) is 52.0 Å². The van der Waals surface area contributed by atoms with Crippen molar-refractivity contribution in [2.24, 2.45) is 0 Å². The maximum absolute atomic E-state index is 13.2. The molecule has 4 nitrogen and oxygen atoms in total. The standard InChI is InChI=1S/C22H20N2O2S2/c1-14-8-10-17(11-9-14)24-21(26)20-18(12-15(2)28-20)23-22(24)27-13-19(25)16-6-4-3-5-7-16/h3-11,15H,12-13H2,1-2H3/t15-/m0/s1. The van der Waals surface area contributed by atoms with E-state index >= 15 is 0 Å². The molecule has 0 amide bonds. The zero-order valence-electron chi connectivity index (χ0n) is 15.7. The van der Waals surface area contributed by atoms with Crippen LogP contribution >= 0.6 is 23.5 Å². The summed E-state index contributed by atoms with van der Waals surface area (Å²) in [6, 6.07) is 17.0. The van der Waals surface area contributed by atoms with Gasteiger partial charge in [0.25, 0.3) is 5.56 Å². The molecule has 0 fully saturated rings. The van der Waals surface area contributed by atoms with E-state index in [9.17, 15) is 9.59 Å².